The molecule has 0 aliphatic carbocycles. The van der Waals surface area contributed by atoms with E-state index in [0.29, 0.717) is 5.30 Å². The molecule has 6 aromatic carbocycles. The van der Waals surface area contributed by atoms with E-state index < -0.39 is 14.3 Å². The first-order valence-corrected chi connectivity index (χ1v) is 16.9. The van der Waals surface area contributed by atoms with Gasteiger partial charge in [0.1, 0.15) is 5.75 Å². The monoisotopic (exact) mass is 568 g/mol. The quantitative estimate of drug-likeness (QED) is 0.249. The van der Waals surface area contributed by atoms with Gasteiger partial charge in [-0.05, 0) is 34.4 Å². The van der Waals surface area contributed by atoms with Gasteiger partial charge in [-0.3, -0.25) is 0 Å². The van der Waals surface area contributed by atoms with Crippen molar-refractivity contribution in [3.8, 4) is 28.0 Å². The molecule has 0 bridgehead atoms. The van der Waals surface area contributed by atoms with Crippen molar-refractivity contribution in [1.82, 2.24) is 0 Å². The summed E-state index contributed by atoms with van der Waals surface area (Å²) in [7, 11) is -5.69. The van der Waals surface area contributed by atoms with Crippen LogP contribution >= 0.6 is 14.3 Å². The van der Waals surface area contributed by atoms with Crippen LogP contribution in [0.1, 0.15) is 0 Å². The number of aromatic hydroxyl groups is 1. The molecule has 0 fully saturated rings. The van der Waals surface area contributed by atoms with Crippen molar-refractivity contribution in [3.63, 3.8) is 0 Å². The summed E-state index contributed by atoms with van der Waals surface area (Å²) in [6, 6.07) is 48.4. The van der Waals surface area contributed by atoms with Crippen molar-refractivity contribution in [2.24, 2.45) is 0 Å². The van der Waals surface area contributed by atoms with Gasteiger partial charge in [-0.25, -0.2) is 0 Å². The fraction of sp³-hybridized carbons (Fsp3) is 0. The van der Waals surface area contributed by atoms with Crippen molar-refractivity contribution in [3.05, 3.63) is 152 Å². The zero-order valence-corrected chi connectivity index (χ0v) is 23.9. The zero-order valence-electron chi connectivity index (χ0n) is 22.1. The molecule has 0 aromatic heterocycles. The molecule has 0 saturated carbocycles. The number of rotatable bonds is 2. The minimum atomic E-state index is -2.99. The van der Waals surface area contributed by atoms with Crippen LogP contribution < -0.4 is 31.8 Å². The fourth-order valence-corrected chi connectivity index (χ4v) is 12.3. The van der Waals surface area contributed by atoms with Crippen LogP contribution in [0.15, 0.2) is 152 Å². The normalized spacial score (nSPS) is 14.5. The van der Waals surface area contributed by atoms with Gasteiger partial charge in [-0.2, -0.15) is 0 Å². The van der Waals surface area contributed by atoms with Crippen molar-refractivity contribution < 1.29 is 14.2 Å². The maximum Gasteiger partial charge on any atom is 0.175 e. The Kier molecular flexibility index (Phi) is 6.16. The molecule has 8 rings (SSSR count). The Bertz CT molecular complexity index is 1930. The molecule has 2 heterocycles. The van der Waals surface area contributed by atoms with Gasteiger partial charge in [0.15, 0.2) is 14.3 Å². The van der Waals surface area contributed by atoms with Gasteiger partial charge in [0, 0.05) is 26.5 Å². The minimum Gasteiger partial charge on any atom is -0.507 e. The van der Waals surface area contributed by atoms with Gasteiger partial charge in [-0.1, -0.05) is 140 Å². The third-order valence-corrected chi connectivity index (χ3v) is 14.3. The van der Waals surface area contributed by atoms with E-state index in [1.807, 2.05) is 121 Å². The highest BCUT2D eigenvalue weighted by molar-refractivity contribution is 7.87. The van der Waals surface area contributed by atoms with E-state index in [9.17, 15) is 14.2 Å². The molecule has 0 radical (unpaired) electrons. The molecule has 198 valence electrons. The van der Waals surface area contributed by atoms with E-state index >= 15 is 0 Å². The summed E-state index contributed by atoms with van der Waals surface area (Å²) in [4.78, 5) is 0. The maximum absolute atomic E-state index is 13.9. The average Bonchev–Trinajstić information content (AvgIpc) is 3.46. The van der Waals surface area contributed by atoms with E-state index in [1.54, 1.807) is 18.2 Å². The van der Waals surface area contributed by atoms with Crippen molar-refractivity contribution in [2.75, 3.05) is 0 Å². The molecule has 1 N–H and O–H groups in total. The van der Waals surface area contributed by atoms with Gasteiger partial charge >= 0.3 is 0 Å². The van der Waals surface area contributed by atoms with Crippen LogP contribution in [0, 0.1) is 0 Å². The number of phenols is 1. The predicted octanol–water partition coefficient (Wildman–Crippen LogP) is 6.32. The number of hydrogen-bond donors (Lipinski definition) is 1. The van der Waals surface area contributed by atoms with Gasteiger partial charge in [0.25, 0.3) is 0 Å². The highest BCUT2D eigenvalue weighted by Gasteiger charge is 2.41. The van der Waals surface area contributed by atoms with Crippen molar-refractivity contribution >= 4 is 46.1 Å². The Morgan fingerprint density at radius 3 is 1.07 bits per heavy atom. The Balaban J connectivity index is 0.000000135. The topological polar surface area (TPSA) is 54.4 Å². The lowest BCUT2D eigenvalue weighted by atomic mass is 10.1. The lowest BCUT2D eigenvalue weighted by molar-refractivity contribution is 0.479. The zero-order chi connectivity index (χ0) is 28.0. The third-order valence-electron chi connectivity index (χ3n) is 7.89. The largest absolute Gasteiger partial charge is 0.507 e. The summed E-state index contributed by atoms with van der Waals surface area (Å²) in [5.74, 6) is 0.0901. The van der Waals surface area contributed by atoms with E-state index in [1.165, 1.54) is 0 Å². The van der Waals surface area contributed by atoms with E-state index in [2.05, 4.69) is 12.1 Å². The second-order valence-electron chi connectivity index (χ2n) is 10.1. The summed E-state index contributed by atoms with van der Waals surface area (Å²) < 4.78 is 27.8. The molecule has 2 aliphatic heterocycles. The Labute approximate surface area is 239 Å². The lowest BCUT2D eigenvalue weighted by Crippen LogP contribution is -2.20. The highest BCUT2D eigenvalue weighted by Crippen LogP contribution is 2.53. The van der Waals surface area contributed by atoms with Crippen LogP contribution in [-0.4, -0.2) is 5.11 Å². The molecule has 0 spiro atoms. The van der Waals surface area contributed by atoms with Gasteiger partial charge in [-0.15, -0.1) is 0 Å². The Morgan fingerprint density at radius 2 is 0.659 bits per heavy atom. The van der Waals surface area contributed by atoms with Crippen LogP contribution in [-0.2, 0) is 9.13 Å². The van der Waals surface area contributed by atoms with Crippen molar-refractivity contribution in [1.29, 1.82) is 0 Å². The number of fused-ring (bicyclic) bond motifs is 6. The highest BCUT2D eigenvalue weighted by atomic mass is 31.2. The first-order chi connectivity index (χ1) is 20.0. The molecule has 0 saturated heterocycles. The molecular weight excluding hydrogens is 542 g/mol. The number of benzene rings is 6. The average molecular weight is 569 g/mol. The van der Waals surface area contributed by atoms with Gasteiger partial charge in [0.2, 0.25) is 0 Å². The SMILES string of the molecule is O=P1(c2ccccc2)c2ccccc2-c2ccccc21.O=P1(c2ccccc2O)c2ccccc2-c2ccccc21. The van der Waals surface area contributed by atoms with Gasteiger partial charge in [0.05, 0.1) is 5.30 Å². The first kappa shape index (κ1) is 25.5. The molecule has 5 heteroatoms. The summed E-state index contributed by atoms with van der Waals surface area (Å²) in [6.07, 6.45) is 0. The minimum absolute atomic E-state index is 0.0901. The fourth-order valence-electron chi connectivity index (χ4n) is 6.07. The second-order valence-corrected chi connectivity index (χ2v) is 15.5. The third kappa shape index (κ3) is 3.81. The Hall–Kier alpha value is -4.42. The summed E-state index contributed by atoms with van der Waals surface area (Å²) in [5.41, 5.74) is 4.21. The van der Waals surface area contributed by atoms with E-state index in [4.69, 9.17) is 0 Å². The molecular formula is C36H26O3P2. The first-order valence-electron chi connectivity index (χ1n) is 13.5. The van der Waals surface area contributed by atoms with Crippen LogP contribution in [0.2, 0.25) is 0 Å². The summed E-state index contributed by atoms with van der Waals surface area (Å²) in [6.45, 7) is 0. The summed E-state index contributed by atoms with van der Waals surface area (Å²) in [5, 5.41) is 15.2. The molecule has 6 aromatic rings. The molecule has 0 atom stereocenters. The Morgan fingerprint density at radius 1 is 0.341 bits per heavy atom. The second kappa shape index (κ2) is 9.89. The number of para-hydroxylation sites is 1. The number of hydrogen-bond acceptors (Lipinski definition) is 3. The van der Waals surface area contributed by atoms with Crippen LogP contribution in [0.4, 0.5) is 0 Å². The smallest absolute Gasteiger partial charge is 0.175 e. The van der Waals surface area contributed by atoms with Crippen molar-refractivity contribution in [2.45, 2.75) is 0 Å². The van der Waals surface area contributed by atoms with Gasteiger partial charge < -0.3 is 14.2 Å². The molecule has 41 heavy (non-hydrogen) atoms. The maximum atomic E-state index is 13.9. The van der Waals surface area contributed by atoms with E-state index in [-0.39, 0.29) is 5.75 Å². The number of phenolic OH excluding ortho intramolecular Hbond substituents is 1. The van der Waals surface area contributed by atoms with E-state index in [0.717, 1.165) is 48.8 Å². The lowest BCUT2D eigenvalue weighted by Gasteiger charge is -2.16. The van der Waals surface area contributed by atoms with Crippen LogP contribution in [0.3, 0.4) is 0 Å². The molecule has 3 nitrogen and oxygen atoms in total. The predicted molar refractivity (Wildman–Crippen MR) is 171 cm³/mol. The molecule has 0 amide bonds. The summed E-state index contributed by atoms with van der Waals surface area (Å²) >= 11 is 0. The molecule has 0 unspecified atom stereocenters. The van der Waals surface area contributed by atoms with Crippen LogP contribution in [0.5, 0.6) is 5.75 Å². The standard InChI is InChI=1S/C18H13O2P.C18H13OP/c19-15-9-3-6-12-18(15)21(20)16-10-4-1-7-13(16)14-8-2-5-11-17(14)21;19-20(14-8-2-1-3-9-14)17-12-6-4-10-15(17)16-11-5-7-13-18(16)20/h1-12,19H;1-13H. The van der Waals surface area contributed by atoms with Crippen LogP contribution in [0.25, 0.3) is 22.3 Å². The molecule has 2 aliphatic rings.